The summed E-state index contributed by atoms with van der Waals surface area (Å²) in [5.74, 6) is 1.24. The number of amides is 2. The van der Waals surface area contributed by atoms with Crippen molar-refractivity contribution in [2.45, 2.75) is 64.5 Å². The summed E-state index contributed by atoms with van der Waals surface area (Å²) in [6, 6.07) is 0.287. The van der Waals surface area contributed by atoms with Gasteiger partial charge in [0, 0.05) is 45.8 Å². The number of piperidine rings is 2. The van der Waals surface area contributed by atoms with Gasteiger partial charge in [0.05, 0.1) is 7.11 Å². The number of methoxy groups -OCH3 is 1. The first-order valence-electron chi connectivity index (χ1n) is 11.0. The zero-order valence-electron chi connectivity index (χ0n) is 19.2. The first kappa shape index (κ1) is 24.1. The van der Waals surface area contributed by atoms with E-state index in [1.54, 1.807) is 11.9 Å². The van der Waals surface area contributed by atoms with Gasteiger partial charge < -0.3 is 29.9 Å². The van der Waals surface area contributed by atoms with Crippen molar-refractivity contribution in [3.8, 4) is 0 Å². The van der Waals surface area contributed by atoms with Crippen molar-refractivity contribution in [2.24, 2.45) is 10.9 Å². The fraction of sp³-hybridized carbons (Fsp3) is 0.857. The number of carbonyl (C=O) groups excluding carboxylic acids is 2. The predicted octanol–water partition coefficient (Wildman–Crippen LogP) is 2.42. The summed E-state index contributed by atoms with van der Waals surface area (Å²) in [6.45, 7) is 9.37. The van der Waals surface area contributed by atoms with E-state index in [1.807, 2.05) is 25.7 Å². The number of guanidine groups is 1. The number of hydrogen-bond acceptors (Lipinski definition) is 5. The van der Waals surface area contributed by atoms with Crippen LogP contribution in [0.2, 0.25) is 0 Å². The van der Waals surface area contributed by atoms with E-state index in [0.29, 0.717) is 19.0 Å². The monoisotopic (exact) mass is 425 g/mol. The molecule has 1 unspecified atom stereocenters. The molecule has 0 aromatic heterocycles. The van der Waals surface area contributed by atoms with E-state index in [4.69, 9.17) is 9.47 Å². The van der Waals surface area contributed by atoms with Crippen molar-refractivity contribution < 1.29 is 19.1 Å². The van der Waals surface area contributed by atoms with E-state index < -0.39 is 5.60 Å². The second kappa shape index (κ2) is 11.3. The average molecular weight is 426 g/mol. The molecule has 9 nitrogen and oxygen atoms in total. The van der Waals surface area contributed by atoms with Gasteiger partial charge in [0.25, 0.3) is 0 Å². The lowest BCUT2D eigenvalue weighted by atomic mass is 9.95. The molecule has 172 valence electrons. The molecule has 2 heterocycles. The molecule has 0 aromatic carbocycles. The SMILES string of the molecule is CN=C(NCCC1CCCN(C(=O)OC(C)(C)C)C1)NC1CCN(C(=O)OC)CC1. The zero-order valence-corrected chi connectivity index (χ0v) is 19.2. The van der Waals surface area contributed by atoms with Crippen LogP contribution in [0.1, 0.15) is 52.9 Å². The van der Waals surface area contributed by atoms with Gasteiger partial charge in [0.2, 0.25) is 0 Å². The normalized spacial score (nSPS) is 21.2. The summed E-state index contributed by atoms with van der Waals surface area (Å²) in [4.78, 5) is 31.8. The van der Waals surface area contributed by atoms with Crippen LogP contribution in [-0.4, -0.2) is 86.5 Å². The Bertz CT molecular complexity index is 597. The van der Waals surface area contributed by atoms with Gasteiger partial charge in [-0.15, -0.1) is 0 Å². The van der Waals surface area contributed by atoms with E-state index in [1.165, 1.54) is 7.11 Å². The van der Waals surface area contributed by atoms with Gasteiger partial charge in [-0.05, 0) is 58.8 Å². The van der Waals surface area contributed by atoms with E-state index in [9.17, 15) is 9.59 Å². The minimum absolute atomic E-state index is 0.212. The lowest BCUT2D eigenvalue weighted by Crippen LogP contribution is -2.50. The Balaban J connectivity index is 1.69. The van der Waals surface area contributed by atoms with Crippen molar-refractivity contribution in [3.63, 3.8) is 0 Å². The number of rotatable bonds is 4. The molecule has 0 aliphatic carbocycles. The van der Waals surface area contributed by atoms with Crippen LogP contribution in [0.4, 0.5) is 9.59 Å². The van der Waals surface area contributed by atoms with Crippen molar-refractivity contribution in [1.82, 2.24) is 20.4 Å². The largest absolute Gasteiger partial charge is 0.453 e. The number of ether oxygens (including phenoxy) is 2. The quantitative estimate of drug-likeness (QED) is 0.531. The van der Waals surface area contributed by atoms with E-state index in [0.717, 1.165) is 57.7 Å². The van der Waals surface area contributed by atoms with Crippen LogP contribution in [0, 0.1) is 5.92 Å². The molecule has 30 heavy (non-hydrogen) atoms. The summed E-state index contributed by atoms with van der Waals surface area (Å²) < 4.78 is 10.3. The van der Waals surface area contributed by atoms with Crippen molar-refractivity contribution in [2.75, 3.05) is 46.9 Å². The molecule has 0 saturated carbocycles. The van der Waals surface area contributed by atoms with Gasteiger partial charge in [-0.25, -0.2) is 9.59 Å². The highest BCUT2D eigenvalue weighted by molar-refractivity contribution is 5.80. The molecule has 2 N–H and O–H groups in total. The van der Waals surface area contributed by atoms with Gasteiger partial charge >= 0.3 is 12.2 Å². The van der Waals surface area contributed by atoms with Crippen LogP contribution in [-0.2, 0) is 9.47 Å². The smallest absolute Gasteiger partial charge is 0.410 e. The third kappa shape index (κ3) is 7.91. The van der Waals surface area contributed by atoms with Crippen LogP contribution in [0.15, 0.2) is 4.99 Å². The molecular formula is C21H39N5O4. The second-order valence-electron chi connectivity index (χ2n) is 9.10. The van der Waals surface area contributed by atoms with E-state index in [-0.39, 0.29) is 18.2 Å². The number of nitrogens with zero attached hydrogens (tertiary/aromatic N) is 3. The molecule has 0 bridgehead atoms. The molecule has 2 fully saturated rings. The number of aliphatic imine (C=N–C) groups is 1. The number of nitrogens with one attached hydrogen (secondary N) is 2. The Morgan fingerprint density at radius 3 is 2.37 bits per heavy atom. The minimum atomic E-state index is -0.462. The third-order valence-corrected chi connectivity index (χ3v) is 5.51. The highest BCUT2D eigenvalue weighted by atomic mass is 16.6. The summed E-state index contributed by atoms with van der Waals surface area (Å²) in [7, 11) is 3.18. The standard InChI is InChI=1S/C21H39N5O4/c1-21(2,3)30-20(28)26-12-6-7-16(15-26)8-11-23-18(22-4)24-17-9-13-25(14-10-17)19(27)29-5/h16-17H,6-15H2,1-5H3,(H2,22,23,24). The maximum Gasteiger partial charge on any atom is 0.410 e. The van der Waals surface area contributed by atoms with Crippen molar-refractivity contribution in [3.05, 3.63) is 0 Å². The van der Waals surface area contributed by atoms with Crippen molar-refractivity contribution >= 4 is 18.1 Å². The van der Waals surface area contributed by atoms with Gasteiger partial charge in [-0.2, -0.15) is 0 Å². The van der Waals surface area contributed by atoms with Crippen LogP contribution < -0.4 is 10.6 Å². The molecule has 2 aliphatic heterocycles. The van der Waals surface area contributed by atoms with Crippen LogP contribution in [0.25, 0.3) is 0 Å². The maximum atomic E-state index is 12.3. The highest BCUT2D eigenvalue weighted by Gasteiger charge is 2.28. The van der Waals surface area contributed by atoms with E-state index in [2.05, 4.69) is 15.6 Å². The molecule has 2 amide bonds. The van der Waals surface area contributed by atoms with Gasteiger partial charge in [0.1, 0.15) is 5.60 Å². The Kier molecular flexibility index (Phi) is 9.05. The summed E-state index contributed by atoms with van der Waals surface area (Å²) >= 11 is 0. The Labute approximate surface area is 180 Å². The highest BCUT2D eigenvalue weighted by Crippen LogP contribution is 2.21. The Morgan fingerprint density at radius 1 is 1.07 bits per heavy atom. The van der Waals surface area contributed by atoms with Gasteiger partial charge in [-0.3, -0.25) is 4.99 Å². The predicted molar refractivity (Wildman–Crippen MR) is 117 cm³/mol. The minimum Gasteiger partial charge on any atom is -0.453 e. The fourth-order valence-corrected chi connectivity index (χ4v) is 3.91. The molecule has 0 radical (unpaired) electrons. The number of hydrogen-bond donors (Lipinski definition) is 2. The Morgan fingerprint density at radius 2 is 1.77 bits per heavy atom. The summed E-state index contributed by atoms with van der Waals surface area (Å²) in [5, 5.41) is 6.84. The maximum absolute atomic E-state index is 12.3. The van der Waals surface area contributed by atoms with Crippen LogP contribution >= 0.6 is 0 Å². The lowest BCUT2D eigenvalue weighted by molar-refractivity contribution is 0.0162. The van der Waals surface area contributed by atoms with Crippen LogP contribution in [0.5, 0.6) is 0 Å². The summed E-state index contributed by atoms with van der Waals surface area (Å²) in [5.41, 5.74) is -0.462. The average Bonchev–Trinajstić information content (AvgIpc) is 2.72. The lowest BCUT2D eigenvalue weighted by Gasteiger charge is -2.34. The molecular weight excluding hydrogens is 386 g/mol. The number of likely N-dealkylation sites (tertiary alicyclic amines) is 2. The molecule has 2 saturated heterocycles. The van der Waals surface area contributed by atoms with Gasteiger partial charge in [-0.1, -0.05) is 0 Å². The fourth-order valence-electron chi connectivity index (χ4n) is 3.91. The number of carbonyl (C=O) groups is 2. The summed E-state index contributed by atoms with van der Waals surface area (Å²) in [6.07, 6.45) is 4.36. The first-order valence-corrected chi connectivity index (χ1v) is 11.0. The first-order chi connectivity index (χ1) is 14.2. The zero-order chi connectivity index (χ0) is 22.1. The molecule has 1 atom stereocenters. The third-order valence-electron chi connectivity index (χ3n) is 5.51. The van der Waals surface area contributed by atoms with Crippen LogP contribution in [0.3, 0.4) is 0 Å². The molecule has 2 aliphatic rings. The molecule has 0 spiro atoms. The van der Waals surface area contributed by atoms with E-state index >= 15 is 0 Å². The topological polar surface area (TPSA) is 95.5 Å². The molecule has 2 rings (SSSR count). The molecule has 9 heteroatoms. The molecule has 0 aromatic rings. The van der Waals surface area contributed by atoms with Gasteiger partial charge in [0.15, 0.2) is 5.96 Å². The Hall–Kier alpha value is -2.19. The van der Waals surface area contributed by atoms with Crippen molar-refractivity contribution in [1.29, 1.82) is 0 Å². The second-order valence-corrected chi connectivity index (χ2v) is 9.10.